The van der Waals surface area contributed by atoms with Crippen molar-refractivity contribution in [2.24, 2.45) is 5.92 Å². The molecule has 0 spiro atoms. The molecule has 28 heavy (non-hydrogen) atoms. The third-order valence-electron chi connectivity index (χ3n) is 5.16. The van der Waals surface area contributed by atoms with Crippen molar-refractivity contribution >= 4 is 17.8 Å². The molecule has 1 heterocycles. The van der Waals surface area contributed by atoms with Crippen LogP contribution in [0.2, 0.25) is 0 Å². The minimum atomic E-state index is -1.82. The first-order valence-corrected chi connectivity index (χ1v) is 9.62. The molecule has 0 unspecified atom stereocenters. The summed E-state index contributed by atoms with van der Waals surface area (Å²) in [5.41, 5.74) is 1.13. The van der Waals surface area contributed by atoms with Gasteiger partial charge in [0.05, 0.1) is 0 Å². The van der Waals surface area contributed by atoms with Crippen LogP contribution in [0.3, 0.4) is 0 Å². The van der Waals surface area contributed by atoms with E-state index in [-0.39, 0.29) is 11.8 Å². The molecule has 4 N–H and O–H groups in total. The number of hydrogen-bond donors (Lipinski definition) is 4. The molecular weight excluding hydrogens is 364 g/mol. The van der Waals surface area contributed by atoms with E-state index in [2.05, 4.69) is 10.2 Å². The topological polar surface area (TPSA) is 127 Å². The van der Waals surface area contributed by atoms with Gasteiger partial charge in [-0.1, -0.05) is 25.0 Å². The summed E-state index contributed by atoms with van der Waals surface area (Å²) in [6.07, 6.45) is 6.71. The maximum Gasteiger partial charge on any atom is 0.414 e. The zero-order valence-electron chi connectivity index (χ0n) is 15.8. The summed E-state index contributed by atoms with van der Waals surface area (Å²) >= 11 is 0. The van der Waals surface area contributed by atoms with Crippen molar-refractivity contribution in [1.29, 1.82) is 0 Å². The van der Waals surface area contributed by atoms with Gasteiger partial charge in [0.25, 0.3) is 0 Å². The van der Waals surface area contributed by atoms with Crippen molar-refractivity contribution in [1.82, 2.24) is 10.2 Å². The molecule has 1 saturated carbocycles. The molecule has 8 nitrogen and oxygen atoms in total. The van der Waals surface area contributed by atoms with Crippen molar-refractivity contribution in [3.05, 3.63) is 29.8 Å². The fraction of sp³-hybridized carbons (Fsp3) is 0.550. The first kappa shape index (κ1) is 21.7. The quantitative estimate of drug-likeness (QED) is 0.576. The monoisotopic (exact) mass is 392 g/mol. The lowest BCUT2D eigenvalue weighted by Crippen LogP contribution is -2.42. The van der Waals surface area contributed by atoms with Gasteiger partial charge in [0.15, 0.2) is 0 Å². The lowest BCUT2D eigenvalue weighted by Gasteiger charge is -2.31. The molecule has 1 aromatic carbocycles. The number of nitrogens with zero attached hydrogens (tertiary/aromatic N) is 1. The Balaban J connectivity index is 0.000000409. The number of amides is 1. The van der Waals surface area contributed by atoms with Crippen molar-refractivity contribution in [2.45, 2.75) is 51.1 Å². The van der Waals surface area contributed by atoms with Gasteiger partial charge in [-0.05, 0) is 56.5 Å². The second-order valence-electron chi connectivity index (χ2n) is 7.32. The van der Waals surface area contributed by atoms with Gasteiger partial charge in [-0.2, -0.15) is 0 Å². The predicted octanol–water partition coefficient (Wildman–Crippen LogP) is 1.82. The van der Waals surface area contributed by atoms with E-state index >= 15 is 0 Å². The van der Waals surface area contributed by atoms with Gasteiger partial charge in [-0.15, -0.1) is 0 Å². The summed E-state index contributed by atoms with van der Waals surface area (Å²) in [6, 6.07) is 7.87. The summed E-state index contributed by atoms with van der Waals surface area (Å²) in [5, 5.41) is 27.5. The van der Waals surface area contributed by atoms with Crippen LogP contribution in [-0.4, -0.2) is 57.2 Å². The van der Waals surface area contributed by atoms with Gasteiger partial charge in [0, 0.05) is 18.5 Å². The molecule has 0 bridgehead atoms. The van der Waals surface area contributed by atoms with Crippen LogP contribution >= 0.6 is 0 Å². The number of phenolic OH excluding ortho intramolecular Hbond substituents is 1. The molecule has 154 valence electrons. The second-order valence-corrected chi connectivity index (χ2v) is 7.32. The van der Waals surface area contributed by atoms with Gasteiger partial charge < -0.3 is 20.6 Å². The average Bonchev–Trinajstić information content (AvgIpc) is 3.16. The Morgan fingerprint density at radius 3 is 2.14 bits per heavy atom. The Hall–Kier alpha value is -2.61. The number of likely N-dealkylation sites (tertiary alicyclic amines) is 1. The number of benzene rings is 1. The Morgan fingerprint density at radius 1 is 1.00 bits per heavy atom. The third-order valence-corrected chi connectivity index (χ3v) is 5.16. The second kappa shape index (κ2) is 10.7. The fourth-order valence-corrected chi connectivity index (χ4v) is 3.66. The van der Waals surface area contributed by atoms with Crippen LogP contribution in [0.25, 0.3) is 0 Å². The summed E-state index contributed by atoms with van der Waals surface area (Å²) in [5.74, 6) is -2.88. The molecule has 8 heteroatoms. The van der Waals surface area contributed by atoms with E-state index in [1.54, 1.807) is 6.07 Å². The molecule has 1 aromatic rings. The number of carbonyl (C=O) groups is 3. The van der Waals surface area contributed by atoms with Crippen LogP contribution in [0.15, 0.2) is 24.3 Å². The molecule has 0 radical (unpaired) electrons. The minimum Gasteiger partial charge on any atom is -0.508 e. The SMILES string of the molecule is O=C(NC1CCCC1)C1CCN(Cc2cccc(O)c2)CC1.O=C(O)C(=O)O. The van der Waals surface area contributed by atoms with Crippen LogP contribution in [-0.2, 0) is 20.9 Å². The largest absolute Gasteiger partial charge is 0.508 e. The fourth-order valence-electron chi connectivity index (χ4n) is 3.66. The van der Waals surface area contributed by atoms with Gasteiger partial charge in [0.1, 0.15) is 5.75 Å². The van der Waals surface area contributed by atoms with Crippen LogP contribution in [0.5, 0.6) is 5.75 Å². The summed E-state index contributed by atoms with van der Waals surface area (Å²) in [6.45, 7) is 2.77. The van der Waals surface area contributed by atoms with Gasteiger partial charge >= 0.3 is 11.9 Å². The molecule has 1 saturated heterocycles. The molecule has 0 atom stereocenters. The number of rotatable bonds is 4. The van der Waals surface area contributed by atoms with E-state index < -0.39 is 11.9 Å². The minimum absolute atomic E-state index is 0.182. The normalized spacial score (nSPS) is 18.1. The molecule has 2 aliphatic rings. The number of phenols is 1. The maximum absolute atomic E-state index is 12.3. The standard InChI is InChI=1S/C18H26N2O2.C2H2O4/c21-17-7-3-4-14(12-17)13-20-10-8-15(9-11-20)18(22)19-16-5-1-2-6-16;3-1(4)2(5)6/h3-4,7,12,15-16,21H,1-2,5-6,8-11,13H2,(H,19,22);(H,3,4)(H,5,6). The molecular formula is C20H28N2O6. The van der Waals surface area contributed by atoms with E-state index in [4.69, 9.17) is 19.8 Å². The highest BCUT2D eigenvalue weighted by molar-refractivity contribution is 6.27. The highest BCUT2D eigenvalue weighted by Crippen LogP contribution is 2.23. The van der Waals surface area contributed by atoms with Gasteiger partial charge in [0.2, 0.25) is 5.91 Å². The van der Waals surface area contributed by atoms with E-state index in [9.17, 15) is 9.90 Å². The van der Waals surface area contributed by atoms with Crippen molar-refractivity contribution in [3.8, 4) is 5.75 Å². The summed E-state index contributed by atoms with van der Waals surface area (Å²) in [4.78, 5) is 32.9. The number of aliphatic carboxylic acids is 2. The highest BCUT2D eigenvalue weighted by atomic mass is 16.4. The van der Waals surface area contributed by atoms with Gasteiger partial charge in [-0.25, -0.2) is 9.59 Å². The van der Waals surface area contributed by atoms with E-state index in [1.807, 2.05) is 18.2 Å². The predicted molar refractivity (Wildman–Crippen MR) is 102 cm³/mol. The number of nitrogens with one attached hydrogen (secondary N) is 1. The Morgan fingerprint density at radius 2 is 1.61 bits per heavy atom. The molecule has 1 aliphatic heterocycles. The molecule has 2 fully saturated rings. The van der Waals surface area contributed by atoms with E-state index in [1.165, 1.54) is 12.8 Å². The Kier molecular flexibility index (Phi) is 8.25. The molecule has 3 rings (SSSR count). The first-order chi connectivity index (χ1) is 13.3. The number of carboxylic acid groups (broad SMARTS) is 2. The van der Waals surface area contributed by atoms with Crippen LogP contribution < -0.4 is 5.32 Å². The summed E-state index contributed by atoms with van der Waals surface area (Å²) in [7, 11) is 0. The molecule has 0 aromatic heterocycles. The smallest absolute Gasteiger partial charge is 0.414 e. The Labute approximate surface area is 164 Å². The van der Waals surface area contributed by atoms with Crippen LogP contribution in [0, 0.1) is 5.92 Å². The van der Waals surface area contributed by atoms with Gasteiger partial charge in [-0.3, -0.25) is 9.69 Å². The van der Waals surface area contributed by atoms with Crippen molar-refractivity contribution in [3.63, 3.8) is 0 Å². The zero-order valence-corrected chi connectivity index (χ0v) is 15.8. The number of aromatic hydroxyl groups is 1. The molecule has 1 aliphatic carbocycles. The lowest BCUT2D eigenvalue weighted by atomic mass is 9.95. The van der Waals surface area contributed by atoms with E-state index in [0.717, 1.165) is 50.9 Å². The zero-order chi connectivity index (χ0) is 20.5. The number of carboxylic acids is 2. The summed E-state index contributed by atoms with van der Waals surface area (Å²) < 4.78 is 0. The number of carbonyl (C=O) groups excluding carboxylic acids is 1. The van der Waals surface area contributed by atoms with Crippen molar-refractivity contribution in [2.75, 3.05) is 13.1 Å². The highest BCUT2D eigenvalue weighted by Gasteiger charge is 2.27. The lowest BCUT2D eigenvalue weighted by molar-refractivity contribution is -0.159. The maximum atomic E-state index is 12.3. The number of piperidine rings is 1. The third kappa shape index (κ3) is 7.19. The van der Waals surface area contributed by atoms with E-state index in [0.29, 0.717) is 11.8 Å². The average molecular weight is 392 g/mol. The number of hydrogen-bond acceptors (Lipinski definition) is 5. The first-order valence-electron chi connectivity index (χ1n) is 9.62. The Bertz CT molecular complexity index is 667. The van der Waals surface area contributed by atoms with Crippen LogP contribution in [0.1, 0.15) is 44.1 Å². The molecule has 1 amide bonds. The van der Waals surface area contributed by atoms with Crippen molar-refractivity contribution < 1.29 is 29.7 Å². The van der Waals surface area contributed by atoms with Crippen LogP contribution in [0.4, 0.5) is 0 Å².